The van der Waals surface area contributed by atoms with Crippen LogP contribution in [-0.4, -0.2) is 27.1 Å². The third-order valence-corrected chi connectivity index (χ3v) is 1.74. The molecule has 1 atom stereocenters. The van der Waals surface area contributed by atoms with Gasteiger partial charge < -0.3 is 5.11 Å². The van der Waals surface area contributed by atoms with E-state index in [4.69, 9.17) is 5.11 Å². The van der Waals surface area contributed by atoms with Crippen molar-refractivity contribution in [1.82, 2.24) is 9.78 Å². The highest BCUT2D eigenvalue weighted by Crippen LogP contribution is 2.09. The van der Waals surface area contributed by atoms with E-state index in [2.05, 4.69) is 5.10 Å². The molecule has 0 saturated carbocycles. The number of hydrogen-bond donors (Lipinski definition) is 1. The van der Waals surface area contributed by atoms with Crippen molar-refractivity contribution in [2.45, 2.75) is 19.4 Å². The summed E-state index contributed by atoms with van der Waals surface area (Å²) >= 11 is 0. The van der Waals surface area contributed by atoms with Crippen LogP contribution in [0.25, 0.3) is 0 Å². The van der Waals surface area contributed by atoms with E-state index in [0.717, 1.165) is 0 Å². The Morgan fingerprint density at radius 1 is 1.85 bits per heavy atom. The Morgan fingerprint density at radius 2 is 2.54 bits per heavy atom. The van der Waals surface area contributed by atoms with Gasteiger partial charge in [-0.25, -0.2) is 4.79 Å². The fraction of sp³-hybridized carbons (Fsp3) is 0.375. The molecular formula is C8H10N2O3. The lowest BCUT2D eigenvalue weighted by molar-refractivity contribution is -0.141. The van der Waals surface area contributed by atoms with Crippen LogP contribution in [0, 0.1) is 0 Å². The third kappa shape index (κ3) is 1.93. The van der Waals surface area contributed by atoms with E-state index in [0.29, 0.717) is 12.7 Å². The smallest absolute Gasteiger partial charge is 0.328 e. The minimum atomic E-state index is -0.942. The molecule has 5 heteroatoms. The molecular weight excluding hydrogens is 172 g/mol. The Morgan fingerprint density at radius 3 is 2.92 bits per heavy atom. The standard InChI is InChI=1S/C8H10N2O3/c1-2-7(8(12)13)10-4-3-6(5-11)9-10/h3-5,7H,2H2,1H3,(H,12,13). The number of rotatable bonds is 4. The first-order valence-corrected chi connectivity index (χ1v) is 3.92. The topological polar surface area (TPSA) is 72.2 Å². The van der Waals surface area contributed by atoms with Gasteiger partial charge in [0.25, 0.3) is 0 Å². The van der Waals surface area contributed by atoms with Crippen LogP contribution in [0.2, 0.25) is 0 Å². The molecule has 1 aromatic rings. The highest BCUT2D eigenvalue weighted by Gasteiger charge is 2.17. The molecule has 1 N–H and O–H groups in total. The highest BCUT2D eigenvalue weighted by atomic mass is 16.4. The van der Waals surface area contributed by atoms with Crippen LogP contribution in [-0.2, 0) is 4.79 Å². The maximum atomic E-state index is 10.7. The van der Waals surface area contributed by atoms with Crippen LogP contribution in [0.1, 0.15) is 29.9 Å². The minimum Gasteiger partial charge on any atom is -0.480 e. The van der Waals surface area contributed by atoms with Crippen LogP contribution < -0.4 is 0 Å². The predicted octanol–water partition coefficient (Wildman–Crippen LogP) is 0.731. The number of aldehydes is 1. The summed E-state index contributed by atoms with van der Waals surface area (Å²) in [6.45, 7) is 1.75. The minimum absolute atomic E-state index is 0.250. The van der Waals surface area contributed by atoms with Gasteiger partial charge in [-0.15, -0.1) is 0 Å². The number of carboxylic acid groups (broad SMARTS) is 1. The molecule has 13 heavy (non-hydrogen) atoms. The van der Waals surface area contributed by atoms with Gasteiger partial charge in [-0.1, -0.05) is 6.92 Å². The molecule has 0 amide bonds. The Kier molecular flexibility index (Phi) is 2.79. The first kappa shape index (κ1) is 9.44. The monoisotopic (exact) mass is 182 g/mol. The van der Waals surface area contributed by atoms with Gasteiger partial charge in [-0.05, 0) is 12.5 Å². The summed E-state index contributed by atoms with van der Waals surface area (Å²) in [5, 5.41) is 12.5. The second-order valence-electron chi connectivity index (χ2n) is 2.60. The molecule has 5 nitrogen and oxygen atoms in total. The van der Waals surface area contributed by atoms with Gasteiger partial charge >= 0.3 is 5.97 Å². The van der Waals surface area contributed by atoms with Crippen molar-refractivity contribution in [3.05, 3.63) is 18.0 Å². The number of aliphatic carboxylic acids is 1. The van der Waals surface area contributed by atoms with Crippen molar-refractivity contribution in [2.75, 3.05) is 0 Å². The van der Waals surface area contributed by atoms with E-state index in [-0.39, 0.29) is 5.69 Å². The number of carbonyl (C=O) groups excluding carboxylic acids is 1. The molecule has 0 aromatic carbocycles. The maximum absolute atomic E-state index is 10.7. The first-order valence-electron chi connectivity index (χ1n) is 3.92. The lowest BCUT2D eigenvalue weighted by Gasteiger charge is -2.08. The Labute approximate surface area is 75.0 Å². The van der Waals surface area contributed by atoms with Gasteiger partial charge in [0.15, 0.2) is 6.29 Å². The van der Waals surface area contributed by atoms with E-state index in [1.807, 2.05) is 0 Å². The second kappa shape index (κ2) is 3.84. The van der Waals surface area contributed by atoms with Gasteiger partial charge in [0, 0.05) is 6.20 Å². The number of nitrogens with zero attached hydrogens (tertiary/aromatic N) is 2. The van der Waals surface area contributed by atoms with Crippen LogP contribution in [0.4, 0.5) is 0 Å². The summed E-state index contributed by atoms with van der Waals surface area (Å²) in [5.74, 6) is -0.942. The quantitative estimate of drug-likeness (QED) is 0.697. The summed E-state index contributed by atoms with van der Waals surface area (Å²) in [4.78, 5) is 21.0. The number of carboxylic acids is 1. The predicted molar refractivity (Wildman–Crippen MR) is 44.6 cm³/mol. The fourth-order valence-electron chi connectivity index (χ4n) is 1.06. The van der Waals surface area contributed by atoms with E-state index in [9.17, 15) is 9.59 Å². The molecule has 0 saturated heterocycles. The van der Waals surface area contributed by atoms with Gasteiger partial charge in [-0.2, -0.15) is 5.10 Å². The Hall–Kier alpha value is -1.65. The highest BCUT2D eigenvalue weighted by molar-refractivity contribution is 5.73. The molecule has 0 fully saturated rings. The zero-order chi connectivity index (χ0) is 9.84. The summed E-state index contributed by atoms with van der Waals surface area (Å²) in [5.41, 5.74) is 0.250. The maximum Gasteiger partial charge on any atom is 0.328 e. The van der Waals surface area contributed by atoms with Crippen LogP contribution >= 0.6 is 0 Å². The van der Waals surface area contributed by atoms with Crippen molar-refractivity contribution in [3.63, 3.8) is 0 Å². The molecule has 0 aliphatic carbocycles. The Bertz CT molecular complexity index is 319. The number of carbonyl (C=O) groups is 2. The van der Waals surface area contributed by atoms with Crippen molar-refractivity contribution in [2.24, 2.45) is 0 Å². The van der Waals surface area contributed by atoms with Gasteiger partial charge in [0.1, 0.15) is 11.7 Å². The normalized spacial score (nSPS) is 12.4. The fourth-order valence-corrected chi connectivity index (χ4v) is 1.06. The summed E-state index contributed by atoms with van der Waals surface area (Å²) in [6, 6.07) is 0.798. The largest absolute Gasteiger partial charge is 0.480 e. The van der Waals surface area contributed by atoms with Gasteiger partial charge in [0.2, 0.25) is 0 Å². The van der Waals surface area contributed by atoms with E-state index < -0.39 is 12.0 Å². The Balaban J connectivity index is 2.91. The zero-order valence-electron chi connectivity index (χ0n) is 7.17. The number of hydrogen-bond acceptors (Lipinski definition) is 3. The lowest BCUT2D eigenvalue weighted by Crippen LogP contribution is -2.18. The molecule has 0 radical (unpaired) electrons. The van der Waals surface area contributed by atoms with Crippen molar-refractivity contribution in [1.29, 1.82) is 0 Å². The molecule has 1 unspecified atom stereocenters. The lowest BCUT2D eigenvalue weighted by atomic mass is 10.2. The molecule has 70 valence electrons. The molecule has 0 bridgehead atoms. The summed E-state index contributed by atoms with van der Waals surface area (Å²) in [7, 11) is 0. The van der Waals surface area contributed by atoms with E-state index in [1.165, 1.54) is 16.9 Å². The molecule has 1 heterocycles. The van der Waals surface area contributed by atoms with Crippen molar-refractivity contribution >= 4 is 12.3 Å². The molecule has 0 aliphatic heterocycles. The average molecular weight is 182 g/mol. The summed E-state index contributed by atoms with van der Waals surface area (Å²) < 4.78 is 1.28. The molecule has 1 aromatic heterocycles. The first-order chi connectivity index (χ1) is 6.19. The number of aromatic nitrogens is 2. The van der Waals surface area contributed by atoms with Crippen LogP contribution in [0.15, 0.2) is 12.3 Å². The SMILES string of the molecule is CCC(C(=O)O)n1ccc(C=O)n1. The average Bonchev–Trinajstić information content (AvgIpc) is 2.53. The summed E-state index contributed by atoms with van der Waals surface area (Å²) in [6.07, 6.45) is 2.52. The molecule has 0 spiro atoms. The second-order valence-corrected chi connectivity index (χ2v) is 2.60. The van der Waals surface area contributed by atoms with Crippen molar-refractivity contribution in [3.8, 4) is 0 Å². The van der Waals surface area contributed by atoms with Gasteiger partial charge in [0.05, 0.1) is 0 Å². The van der Waals surface area contributed by atoms with Gasteiger partial charge in [-0.3, -0.25) is 9.48 Å². The van der Waals surface area contributed by atoms with E-state index >= 15 is 0 Å². The molecule has 0 aliphatic rings. The zero-order valence-corrected chi connectivity index (χ0v) is 7.17. The van der Waals surface area contributed by atoms with Crippen molar-refractivity contribution < 1.29 is 14.7 Å². The third-order valence-electron chi connectivity index (χ3n) is 1.74. The van der Waals surface area contributed by atoms with E-state index in [1.54, 1.807) is 6.92 Å². The van der Waals surface area contributed by atoms with Crippen LogP contribution in [0.3, 0.4) is 0 Å². The molecule has 1 rings (SSSR count). The van der Waals surface area contributed by atoms with Crippen LogP contribution in [0.5, 0.6) is 0 Å².